The summed E-state index contributed by atoms with van der Waals surface area (Å²) in [4.78, 5) is 16.2. The second-order valence-electron chi connectivity index (χ2n) is 5.40. The minimum atomic E-state index is -0.889. The Morgan fingerprint density at radius 1 is 1.24 bits per heavy atom. The lowest BCUT2D eigenvalue weighted by molar-refractivity contribution is 0.192. The second-order valence-corrected chi connectivity index (χ2v) is 6.88. The summed E-state index contributed by atoms with van der Waals surface area (Å²) in [5, 5.41) is 2.91. The molecule has 1 N–H and O–H groups in total. The van der Waals surface area contributed by atoms with Crippen molar-refractivity contribution in [3.05, 3.63) is 30.3 Å². The number of carbonyl (C=O) groups is 1. The summed E-state index contributed by atoms with van der Waals surface area (Å²) in [6, 6.07) is 10.1. The number of carbonyl (C=O) groups excluding carboxylic acids is 1. The minimum Gasteiger partial charge on any atom is -0.368 e. The molecule has 21 heavy (non-hydrogen) atoms. The van der Waals surface area contributed by atoms with E-state index in [9.17, 15) is 9.00 Å². The van der Waals surface area contributed by atoms with Crippen LogP contribution in [0.2, 0.25) is 0 Å². The molecule has 1 heterocycles. The van der Waals surface area contributed by atoms with Gasteiger partial charge in [-0.25, -0.2) is 4.79 Å². The molecule has 0 saturated carbocycles. The fourth-order valence-corrected chi connectivity index (χ4v) is 3.29. The molecule has 2 amide bonds. The van der Waals surface area contributed by atoms with E-state index in [0.717, 1.165) is 13.1 Å². The molecule has 5 nitrogen and oxygen atoms in total. The lowest BCUT2D eigenvalue weighted by Crippen LogP contribution is -2.53. The van der Waals surface area contributed by atoms with Crippen LogP contribution in [0.15, 0.2) is 30.3 Å². The van der Waals surface area contributed by atoms with Crippen LogP contribution in [0.4, 0.5) is 10.5 Å². The third-order valence-corrected chi connectivity index (χ3v) is 4.51. The number of nitrogens with zero attached hydrogens (tertiary/aromatic N) is 2. The van der Waals surface area contributed by atoms with Crippen molar-refractivity contribution in [2.75, 3.05) is 43.1 Å². The molecule has 0 bridgehead atoms. The molecule has 0 aliphatic carbocycles. The van der Waals surface area contributed by atoms with Crippen LogP contribution in [-0.2, 0) is 10.8 Å². The molecule has 0 radical (unpaired) electrons. The fourth-order valence-electron chi connectivity index (χ4n) is 2.50. The van der Waals surface area contributed by atoms with Gasteiger partial charge >= 0.3 is 6.03 Å². The number of amides is 2. The Morgan fingerprint density at radius 2 is 1.86 bits per heavy atom. The summed E-state index contributed by atoms with van der Waals surface area (Å²) in [7, 11) is -0.889. The first-order chi connectivity index (χ1) is 10.1. The quantitative estimate of drug-likeness (QED) is 0.912. The van der Waals surface area contributed by atoms with Crippen LogP contribution in [0.25, 0.3) is 0 Å². The molecule has 1 aromatic carbocycles. The van der Waals surface area contributed by atoms with Crippen LogP contribution >= 0.6 is 0 Å². The number of benzene rings is 1. The Balaban J connectivity index is 1.81. The van der Waals surface area contributed by atoms with Crippen LogP contribution in [0.3, 0.4) is 0 Å². The number of piperazine rings is 1. The van der Waals surface area contributed by atoms with Crippen molar-refractivity contribution in [1.82, 2.24) is 10.2 Å². The maximum absolute atomic E-state index is 12.1. The number of hydrogen-bond acceptors (Lipinski definition) is 3. The van der Waals surface area contributed by atoms with Crippen LogP contribution in [0, 0.1) is 0 Å². The van der Waals surface area contributed by atoms with Crippen molar-refractivity contribution in [3.8, 4) is 0 Å². The molecule has 6 heteroatoms. The number of anilines is 1. The van der Waals surface area contributed by atoms with Gasteiger partial charge in [-0.1, -0.05) is 18.2 Å². The maximum Gasteiger partial charge on any atom is 0.317 e. The molecule has 2 unspecified atom stereocenters. The summed E-state index contributed by atoms with van der Waals surface area (Å²) in [6.45, 7) is 4.99. The molecule has 2 rings (SSSR count). The molecule has 1 aliphatic rings. The first kappa shape index (κ1) is 15.8. The van der Waals surface area contributed by atoms with Crippen molar-refractivity contribution < 1.29 is 9.00 Å². The zero-order valence-corrected chi connectivity index (χ0v) is 13.4. The van der Waals surface area contributed by atoms with Gasteiger partial charge in [0, 0.05) is 60.7 Å². The topological polar surface area (TPSA) is 52.7 Å². The van der Waals surface area contributed by atoms with Gasteiger partial charge < -0.3 is 15.1 Å². The minimum absolute atomic E-state index is 0.0549. The first-order valence-corrected chi connectivity index (χ1v) is 8.94. The van der Waals surface area contributed by atoms with E-state index in [1.807, 2.05) is 30.0 Å². The number of hydrogen-bond donors (Lipinski definition) is 1. The van der Waals surface area contributed by atoms with Gasteiger partial charge in [-0.15, -0.1) is 0 Å². The van der Waals surface area contributed by atoms with Crippen LogP contribution in [0.1, 0.15) is 6.92 Å². The van der Waals surface area contributed by atoms with Gasteiger partial charge in [0.1, 0.15) is 0 Å². The second kappa shape index (κ2) is 7.45. The third kappa shape index (κ3) is 4.74. The zero-order chi connectivity index (χ0) is 15.2. The average Bonchev–Trinajstić information content (AvgIpc) is 2.47. The zero-order valence-electron chi connectivity index (χ0n) is 12.6. The van der Waals surface area contributed by atoms with E-state index in [-0.39, 0.29) is 12.1 Å². The van der Waals surface area contributed by atoms with Crippen molar-refractivity contribution in [2.24, 2.45) is 0 Å². The highest BCUT2D eigenvalue weighted by Gasteiger charge is 2.22. The lowest BCUT2D eigenvalue weighted by atomic mass is 10.2. The Kier molecular flexibility index (Phi) is 5.61. The molecule has 1 saturated heterocycles. The summed E-state index contributed by atoms with van der Waals surface area (Å²) in [5.74, 6) is 0.496. The summed E-state index contributed by atoms with van der Waals surface area (Å²) < 4.78 is 11.2. The monoisotopic (exact) mass is 309 g/mol. The van der Waals surface area contributed by atoms with Crippen LogP contribution in [-0.4, -0.2) is 59.4 Å². The van der Waals surface area contributed by atoms with E-state index in [2.05, 4.69) is 22.3 Å². The molecule has 0 spiro atoms. The predicted octanol–water partition coefficient (Wildman–Crippen LogP) is 1.29. The highest BCUT2D eigenvalue weighted by atomic mass is 32.2. The normalized spacial score (nSPS) is 18.2. The maximum atomic E-state index is 12.1. The predicted molar refractivity (Wildman–Crippen MR) is 87.2 cm³/mol. The van der Waals surface area contributed by atoms with Gasteiger partial charge in [-0.05, 0) is 19.1 Å². The van der Waals surface area contributed by atoms with E-state index in [0.29, 0.717) is 18.8 Å². The SMILES string of the molecule is CC(CS(C)=O)NC(=O)N1CCN(c2ccccc2)CC1. The Bertz CT molecular complexity index is 487. The summed E-state index contributed by atoms with van der Waals surface area (Å²) in [5.41, 5.74) is 1.20. The van der Waals surface area contributed by atoms with Crippen molar-refractivity contribution >= 4 is 22.5 Å². The van der Waals surface area contributed by atoms with Gasteiger partial charge in [0.05, 0.1) is 0 Å². The lowest BCUT2D eigenvalue weighted by Gasteiger charge is -2.36. The molecular formula is C15H23N3O2S. The number of nitrogens with one attached hydrogen (secondary N) is 1. The molecule has 1 aromatic rings. The summed E-state index contributed by atoms with van der Waals surface area (Å²) in [6.07, 6.45) is 1.65. The van der Waals surface area contributed by atoms with Crippen molar-refractivity contribution in [1.29, 1.82) is 0 Å². The number of para-hydroxylation sites is 1. The third-order valence-electron chi connectivity index (χ3n) is 3.54. The standard InChI is InChI=1S/C15H23N3O2S/c1-13(12-21(2)20)16-15(19)18-10-8-17(9-11-18)14-6-4-3-5-7-14/h3-7,13H,8-12H2,1-2H3,(H,16,19). The van der Waals surface area contributed by atoms with Crippen LogP contribution < -0.4 is 10.2 Å². The molecule has 0 aromatic heterocycles. The fraction of sp³-hybridized carbons (Fsp3) is 0.533. The Labute approximate surface area is 128 Å². The van der Waals surface area contributed by atoms with E-state index >= 15 is 0 Å². The highest BCUT2D eigenvalue weighted by Crippen LogP contribution is 2.15. The Morgan fingerprint density at radius 3 is 2.43 bits per heavy atom. The van der Waals surface area contributed by atoms with E-state index in [1.165, 1.54) is 5.69 Å². The molecular weight excluding hydrogens is 286 g/mol. The molecule has 1 fully saturated rings. The number of rotatable bonds is 4. The molecule has 116 valence electrons. The average molecular weight is 309 g/mol. The van der Waals surface area contributed by atoms with E-state index in [1.54, 1.807) is 6.26 Å². The van der Waals surface area contributed by atoms with Gasteiger partial charge in [0.2, 0.25) is 0 Å². The summed E-state index contributed by atoms with van der Waals surface area (Å²) >= 11 is 0. The molecule has 1 aliphatic heterocycles. The van der Waals surface area contributed by atoms with Crippen molar-refractivity contribution in [2.45, 2.75) is 13.0 Å². The highest BCUT2D eigenvalue weighted by molar-refractivity contribution is 7.84. The molecule has 2 atom stereocenters. The van der Waals surface area contributed by atoms with Gasteiger partial charge in [-0.2, -0.15) is 0 Å². The van der Waals surface area contributed by atoms with Crippen LogP contribution in [0.5, 0.6) is 0 Å². The van der Waals surface area contributed by atoms with Gasteiger partial charge in [-0.3, -0.25) is 4.21 Å². The van der Waals surface area contributed by atoms with E-state index in [4.69, 9.17) is 0 Å². The smallest absolute Gasteiger partial charge is 0.317 e. The largest absolute Gasteiger partial charge is 0.368 e. The number of urea groups is 1. The van der Waals surface area contributed by atoms with Gasteiger partial charge in [0.15, 0.2) is 0 Å². The van der Waals surface area contributed by atoms with Gasteiger partial charge in [0.25, 0.3) is 0 Å². The first-order valence-electron chi connectivity index (χ1n) is 7.21. The van der Waals surface area contributed by atoms with E-state index < -0.39 is 10.8 Å². The van der Waals surface area contributed by atoms with Crippen molar-refractivity contribution in [3.63, 3.8) is 0 Å². The Hall–Kier alpha value is -1.56.